The zero-order chi connectivity index (χ0) is 10.7. The Morgan fingerprint density at radius 2 is 2.21 bits per heavy atom. The van der Waals surface area contributed by atoms with Crippen LogP contribution in [0.3, 0.4) is 0 Å². The van der Waals surface area contributed by atoms with E-state index in [4.69, 9.17) is 0 Å². The lowest BCUT2D eigenvalue weighted by molar-refractivity contribution is 0.621. The van der Waals surface area contributed by atoms with Gasteiger partial charge in [0.2, 0.25) is 0 Å². The van der Waals surface area contributed by atoms with Gasteiger partial charge in [0.15, 0.2) is 0 Å². The molecule has 0 spiro atoms. The second-order valence-corrected chi connectivity index (χ2v) is 4.93. The molecule has 0 saturated carbocycles. The number of nitrogens with one attached hydrogen (secondary N) is 1. The zero-order valence-corrected chi connectivity index (χ0v) is 10.9. The van der Waals surface area contributed by atoms with Gasteiger partial charge in [0.05, 0.1) is 4.47 Å². The standard InChI is InChI=1S/C10H10Br2FN/c1-6-3-8(12)9(13)4-10(6)14-5-7(2)11/h3-4,14H,2,5H2,1H3. The van der Waals surface area contributed by atoms with E-state index in [0.29, 0.717) is 11.0 Å². The van der Waals surface area contributed by atoms with Crippen LogP contribution in [0.4, 0.5) is 10.1 Å². The van der Waals surface area contributed by atoms with E-state index >= 15 is 0 Å². The van der Waals surface area contributed by atoms with Gasteiger partial charge in [0.25, 0.3) is 0 Å². The lowest BCUT2D eigenvalue weighted by Crippen LogP contribution is -2.02. The molecule has 0 atom stereocenters. The van der Waals surface area contributed by atoms with E-state index < -0.39 is 0 Å². The minimum atomic E-state index is -0.265. The van der Waals surface area contributed by atoms with Crippen LogP contribution in [0.15, 0.2) is 27.7 Å². The van der Waals surface area contributed by atoms with Gasteiger partial charge in [-0.3, -0.25) is 0 Å². The summed E-state index contributed by atoms with van der Waals surface area (Å²) in [6.07, 6.45) is 0. The highest BCUT2D eigenvalue weighted by Gasteiger charge is 2.04. The highest BCUT2D eigenvalue weighted by atomic mass is 79.9. The Hall–Kier alpha value is -0.350. The predicted molar refractivity (Wildman–Crippen MR) is 65.4 cm³/mol. The molecule has 14 heavy (non-hydrogen) atoms. The molecule has 0 amide bonds. The van der Waals surface area contributed by atoms with Crippen molar-refractivity contribution >= 4 is 37.5 Å². The monoisotopic (exact) mass is 321 g/mol. The molecule has 4 heteroatoms. The van der Waals surface area contributed by atoms with Gasteiger partial charge >= 0.3 is 0 Å². The molecule has 1 nitrogen and oxygen atoms in total. The summed E-state index contributed by atoms with van der Waals surface area (Å²) in [4.78, 5) is 0. The van der Waals surface area contributed by atoms with Crippen molar-refractivity contribution in [2.45, 2.75) is 6.92 Å². The lowest BCUT2D eigenvalue weighted by atomic mass is 10.2. The van der Waals surface area contributed by atoms with Crippen LogP contribution in [0.5, 0.6) is 0 Å². The SMILES string of the molecule is C=C(Br)CNc1cc(F)c(Br)cc1C. The number of anilines is 1. The molecule has 0 bridgehead atoms. The van der Waals surface area contributed by atoms with Crippen LogP contribution in [0.25, 0.3) is 0 Å². The Morgan fingerprint density at radius 1 is 1.57 bits per heavy atom. The molecule has 0 aliphatic carbocycles. The van der Waals surface area contributed by atoms with Crippen LogP contribution in [-0.4, -0.2) is 6.54 Å². The Balaban J connectivity index is 2.87. The van der Waals surface area contributed by atoms with Gasteiger partial charge in [-0.15, -0.1) is 0 Å². The molecule has 76 valence electrons. The van der Waals surface area contributed by atoms with Gasteiger partial charge in [-0.2, -0.15) is 0 Å². The quantitative estimate of drug-likeness (QED) is 0.878. The average Bonchev–Trinajstić information content (AvgIpc) is 2.09. The first-order chi connectivity index (χ1) is 6.50. The topological polar surface area (TPSA) is 12.0 Å². The third-order valence-electron chi connectivity index (χ3n) is 1.74. The van der Waals surface area contributed by atoms with Crippen LogP contribution in [0.2, 0.25) is 0 Å². The van der Waals surface area contributed by atoms with Crippen LogP contribution < -0.4 is 5.32 Å². The maximum atomic E-state index is 13.2. The summed E-state index contributed by atoms with van der Waals surface area (Å²) in [6.45, 7) is 6.20. The number of hydrogen-bond donors (Lipinski definition) is 1. The molecule has 0 heterocycles. The molecular formula is C10H10Br2FN. The highest BCUT2D eigenvalue weighted by Crippen LogP contribution is 2.24. The molecule has 0 aliphatic heterocycles. The molecule has 0 unspecified atom stereocenters. The average molecular weight is 323 g/mol. The van der Waals surface area contributed by atoms with Gasteiger partial charge in [-0.1, -0.05) is 22.5 Å². The first-order valence-corrected chi connectivity index (χ1v) is 5.62. The largest absolute Gasteiger partial charge is 0.380 e. The lowest BCUT2D eigenvalue weighted by Gasteiger charge is -2.09. The second-order valence-electron chi connectivity index (χ2n) is 2.95. The van der Waals surface area contributed by atoms with E-state index in [0.717, 1.165) is 15.7 Å². The fourth-order valence-corrected chi connectivity index (χ4v) is 1.63. The molecule has 0 aliphatic rings. The van der Waals surface area contributed by atoms with Crippen molar-refractivity contribution < 1.29 is 4.39 Å². The third kappa shape index (κ3) is 3.10. The first-order valence-electron chi connectivity index (χ1n) is 4.03. The van der Waals surface area contributed by atoms with Crippen molar-refractivity contribution in [1.82, 2.24) is 0 Å². The van der Waals surface area contributed by atoms with Crippen LogP contribution in [0.1, 0.15) is 5.56 Å². The molecule has 0 radical (unpaired) electrons. The molecule has 0 aromatic heterocycles. The molecule has 1 N–H and O–H groups in total. The Labute approximate surface area is 99.7 Å². The van der Waals surface area contributed by atoms with Gasteiger partial charge in [-0.25, -0.2) is 4.39 Å². The van der Waals surface area contributed by atoms with E-state index in [9.17, 15) is 4.39 Å². The van der Waals surface area contributed by atoms with Gasteiger partial charge in [0.1, 0.15) is 5.82 Å². The molecule has 1 aromatic rings. The minimum Gasteiger partial charge on any atom is -0.380 e. The fraction of sp³-hybridized carbons (Fsp3) is 0.200. The van der Waals surface area contributed by atoms with Crippen molar-refractivity contribution in [2.24, 2.45) is 0 Å². The van der Waals surface area contributed by atoms with Crippen molar-refractivity contribution in [3.63, 3.8) is 0 Å². The second kappa shape index (κ2) is 4.94. The van der Waals surface area contributed by atoms with Gasteiger partial charge in [0, 0.05) is 16.7 Å². The summed E-state index contributed by atoms with van der Waals surface area (Å²) >= 11 is 6.36. The van der Waals surface area contributed by atoms with Gasteiger partial charge in [-0.05, 0) is 40.5 Å². The summed E-state index contributed by atoms with van der Waals surface area (Å²) in [6, 6.07) is 3.21. The predicted octanol–water partition coefficient (Wildman–Crippen LogP) is 4.22. The number of hydrogen-bond acceptors (Lipinski definition) is 1. The van der Waals surface area contributed by atoms with E-state index in [1.165, 1.54) is 6.07 Å². The van der Waals surface area contributed by atoms with E-state index in [2.05, 4.69) is 43.8 Å². The summed E-state index contributed by atoms with van der Waals surface area (Å²) in [7, 11) is 0. The minimum absolute atomic E-state index is 0.265. The van der Waals surface area contributed by atoms with Crippen LogP contribution in [0, 0.1) is 12.7 Å². The summed E-state index contributed by atoms with van der Waals surface area (Å²) in [5.41, 5.74) is 1.78. The van der Waals surface area contributed by atoms with Gasteiger partial charge < -0.3 is 5.32 Å². The molecular weight excluding hydrogens is 313 g/mol. The van der Waals surface area contributed by atoms with E-state index in [-0.39, 0.29) is 5.82 Å². The number of benzene rings is 1. The van der Waals surface area contributed by atoms with Crippen LogP contribution >= 0.6 is 31.9 Å². The summed E-state index contributed by atoms with van der Waals surface area (Å²) < 4.78 is 14.5. The van der Waals surface area contributed by atoms with Crippen molar-refractivity contribution in [1.29, 1.82) is 0 Å². The van der Waals surface area contributed by atoms with E-state index in [1.54, 1.807) is 6.07 Å². The Bertz CT molecular complexity index is 363. The number of rotatable bonds is 3. The number of halogens is 3. The summed E-state index contributed by atoms with van der Waals surface area (Å²) in [5.74, 6) is -0.265. The third-order valence-corrected chi connectivity index (χ3v) is 2.63. The zero-order valence-electron chi connectivity index (χ0n) is 7.70. The smallest absolute Gasteiger partial charge is 0.139 e. The van der Waals surface area contributed by atoms with Crippen molar-refractivity contribution in [2.75, 3.05) is 11.9 Å². The fourth-order valence-electron chi connectivity index (χ4n) is 1.03. The molecule has 1 rings (SSSR count). The van der Waals surface area contributed by atoms with Crippen molar-refractivity contribution in [3.8, 4) is 0 Å². The normalized spacial score (nSPS) is 10.0. The molecule has 0 fully saturated rings. The summed E-state index contributed by atoms with van der Waals surface area (Å²) in [5, 5.41) is 3.07. The van der Waals surface area contributed by atoms with Crippen LogP contribution in [-0.2, 0) is 0 Å². The Morgan fingerprint density at radius 3 is 2.79 bits per heavy atom. The molecule has 0 saturated heterocycles. The van der Waals surface area contributed by atoms with Crippen molar-refractivity contribution in [3.05, 3.63) is 39.0 Å². The Kier molecular flexibility index (Phi) is 4.13. The number of aryl methyl sites for hydroxylation is 1. The highest BCUT2D eigenvalue weighted by molar-refractivity contribution is 9.11. The first kappa shape index (κ1) is 11.7. The molecule has 1 aromatic carbocycles. The van der Waals surface area contributed by atoms with E-state index in [1.807, 2.05) is 6.92 Å². The maximum Gasteiger partial charge on any atom is 0.139 e. The maximum absolute atomic E-state index is 13.2.